The maximum Gasteiger partial charge on any atom is 0.231 e. The molecule has 3 fully saturated rings. The highest BCUT2D eigenvalue weighted by molar-refractivity contribution is 7.13. The van der Waals surface area contributed by atoms with Gasteiger partial charge in [0.2, 0.25) is 11.8 Å². The number of likely N-dealkylation sites (tertiary alicyclic amines) is 1. The van der Waals surface area contributed by atoms with Crippen molar-refractivity contribution in [2.24, 2.45) is 5.92 Å². The van der Waals surface area contributed by atoms with E-state index in [1.807, 2.05) is 10.3 Å². The minimum Gasteiger partial charge on any atom is -0.379 e. The lowest BCUT2D eigenvalue weighted by molar-refractivity contribution is -0.129. The molecule has 1 N–H and O–H groups in total. The molecular formula is C18H26N4O3S. The van der Waals surface area contributed by atoms with Crippen molar-refractivity contribution in [1.82, 2.24) is 14.8 Å². The van der Waals surface area contributed by atoms with Crippen LogP contribution in [0.3, 0.4) is 0 Å². The van der Waals surface area contributed by atoms with Crippen LogP contribution in [0.1, 0.15) is 37.8 Å². The van der Waals surface area contributed by atoms with Crippen molar-refractivity contribution in [2.75, 3.05) is 38.2 Å². The largest absolute Gasteiger partial charge is 0.379 e. The molecule has 1 unspecified atom stereocenters. The Hall–Kier alpha value is -1.51. The molecule has 142 valence electrons. The molecule has 2 aliphatic heterocycles. The van der Waals surface area contributed by atoms with Gasteiger partial charge in [0.1, 0.15) is 0 Å². The Balaban J connectivity index is 1.30. The van der Waals surface area contributed by atoms with Crippen LogP contribution in [0.15, 0.2) is 5.38 Å². The normalized spacial score (nSPS) is 25.2. The number of thiazole rings is 1. The molecule has 1 atom stereocenters. The second-order valence-corrected chi connectivity index (χ2v) is 8.27. The molecule has 0 spiro atoms. The summed E-state index contributed by atoms with van der Waals surface area (Å²) in [5, 5.41) is 5.54. The number of carbonyl (C=O) groups is 2. The second kappa shape index (κ2) is 8.02. The highest BCUT2D eigenvalue weighted by Crippen LogP contribution is 2.30. The summed E-state index contributed by atoms with van der Waals surface area (Å²) < 4.78 is 5.36. The third-order valence-electron chi connectivity index (χ3n) is 5.57. The van der Waals surface area contributed by atoms with E-state index in [2.05, 4.69) is 15.2 Å². The van der Waals surface area contributed by atoms with Crippen molar-refractivity contribution in [2.45, 2.75) is 44.7 Å². The van der Waals surface area contributed by atoms with E-state index in [-0.39, 0.29) is 17.7 Å². The summed E-state index contributed by atoms with van der Waals surface area (Å²) in [6, 6.07) is 0.347. The molecule has 8 heteroatoms. The van der Waals surface area contributed by atoms with E-state index in [4.69, 9.17) is 4.74 Å². The molecular weight excluding hydrogens is 352 g/mol. The van der Waals surface area contributed by atoms with Crippen molar-refractivity contribution >= 4 is 28.3 Å². The number of nitrogens with one attached hydrogen (secondary N) is 1. The molecule has 2 amide bonds. The number of amides is 2. The van der Waals surface area contributed by atoms with Crippen molar-refractivity contribution in [3.63, 3.8) is 0 Å². The minimum absolute atomic E-state index is 0.0777. The van der Waals surface area contributed by atoms with Crippen molar-refractivity contribution in [1.29, 1.82) is 0 Å². The van der Waals surface area contributed by atoms with Gasteiger partial charge in [-0.05, 0) is 12.8 Å². The molecule has 3 aliphatic rings. The lowest BCUT2D eigenvalue weighted by Crippen LogP contribution is -2.35. The lowest BCUT2D eigenvalue weighted by Gasteiger charge is -2.25. The summed E-state index contributed by atoms with van der Waals surface area (Å²) >= 11 is 1.45. The fourth-order valence-corrected chi connectivity index (χ4v) is 4.81. The van der Waals surface area contributed by atoms with E-state index >= 15 is 0 Å². The summed E-state index contributed by atoms with van der Waals surface area (Å²) in [6.45, 7) is 4.71. The third kappa shape index (κ3) is 4.07. The molecule has 3 heterocycles. The maximum atomic E-state index is 12.6. The number of aromatic nitrogens is 1. The highest BCUT2D eigenvalue weighted by Gasteiger charge is 2.38. The predicted octanol–water partition coefficient (Wildman–Crippen LogP) is 1.70. The van der Waals surface area contributed by atoms with Gasteiger partial charge in [0, 0.05) is 44.0 Å². The first kappa shape index (κ1) is 17.9. The Morgan fingerprint density at radius 1 is 1.31 bits per heavy atom. The number of hydrogen-bond donors (Lipinski definition) is 1. The number of morpholine rings is 1. The minimum atomic E-state index is -0.255. The van der Waals surface area contributed by atoms with E-state index in [0.29, 0.717) is 24.1 Å². The van der Waals surface area contributed by atoms with Crippen LogP contribution in [0.25, 0.3) is 0 Å². The van der Waals surface area contributed by atoms with Gasteiger partial charge in [-0.15, -0.1) is 11.3 Å². The van der Waals surface area contributed by atoms with Crippen LogP contribution in [0.2, 0.25) is 0 Å². The fourth-order valence-electron chi connectivity index (χ4n) is 4.11. The van der Waals surface area contributed by atoms with E-state index < -0.39 is 0 Å². The van der Waals surface area contributed by atoms with Crippen LogP contribution in [-0.4, -0.2) is 65.5 Å². The Morgan fingerprint density at radius 2 is 2.08 bits per heavy atom. The zero-order chi connectivity index (χ0) is 17.9. The molecule has 7 nitrogen and oxygen atoms in total. The average molecular weight is 378 g/mol. The molecule has 26 heavy (non-hydrogen) atoms. The molecule has 0 radical (unpaired) electrons. The van der Waals surface area contributed by atoms with Crippen molar-refractivity contribution < 1.29 is 14.3 Å². The first-order valence-corrected chi connectivity index (χ1v) is 10.4. The number of ether oxygens (including phenoxy) is 1. The summed E-state index contributed by atoms with van der Waals surface area (Å²) in [5.41, 5.74) is 0.974. The zero-order valence-corrected chi connectivity index (χ0v) is 15.8. The number of anilines is 1. The first-order chi connectivity index (χ1) is 12.7. The second-order valence-electron chi connectivity index (χ2n) is 7.41. The van der Waals surface area contributed by atoms with Crippen LogP contribution in [-0.2, 0) is 20.9 Å². The molecule has 1 aromatic rings. The molecule has 2 saturated heterocycles. The summed E-state index contributed by atoms with van der Waals surface area (Å²) in [6.07, 6.45) is 4.87. The molecule has 0 bridgehead atoms. The van der Waals surface area contributed by atoms with Crippen LogP contribution in [0.4, 0.5) is 5.13 Å². The monoisotopic (exact) mass is 378 g/mol. The maximum absolute atomic E-state index is 12.6. The van der Waals surface area contributed by atoms with Crippen molar-refractivity contribution in [3.8, 4) is 0 Å². The van der Waals surface area contributed by atoms with Gasteiger partial charge in [0.15, 0.2) is 5.13 Å². The van der Waals surface area contributed by atoms with Crippen molar-refractivity contribution in [3.05, 3.63) is 11.1 Å². The predicted molar refractivity (Wildman–Crippen MR) is 98.9 cm³/mol. The number of carbonyl (C=O) groups excluding carboxylic acids is 2. The molecule has 0 aromatic carbocycles. The van der Waals surface area contributed by atoms with Gasteiger partial charge in [-0.2, -0.15) is 0 Å². The van der Waals surface area contributed by atoms with Gasteiger partial charge in [0.05, 0.1) is 24.8 Å². The third-order valence-corrected chi connectivity index (χ3v) is 6.37. The average Bonchev–Trinajstić information content (AvgIpc) is 3.37. The fraction of sp³-hybridized carbons (Fsp3) is 0.722. The highest BCUT2D eigenvalue weighted by atomic mass is 32.1. The van der Waals surface area contributed by atoms with Gasteiger partial charge < -0.3 is 15.0 Å². The van der Waals surface area contributed by atoms with Gasteiger partial charge in [-0.25, -0.2) is 4.98 Å². The van der Waals surface area contributed by atoms with E-state index in [1.165, 1.54) is 24.2 Å². The smallest absolute Gasteiger partial charge is 0.231 e. The standard InChI is InChI=1S/C18H26N4O3S/c23-16-9-13(10-22(16)15-3-1-2-4-15)17(24)20-18-19-14(12-26-18)11-21-5-7-25-8-6-21/h12-13,15H,1-11H2,(H,19,20,24). The topological polar surface area (TPSA) is 74.8 Å². The number of rotatable bonds is 5. The SMILES string of the molecule is O=C(Nc1nc(CN2CCOCC2)cs1)C1CC(=O)N(C2CCCC2)C1. The number of nitrogens with zero attached hydrogens (tertiary/aromatic N) is 3. The first-order valence-electron chi connectivity index (χ1n) is 9.54. The lowest BCUT2D eigenvalue weighted by atomic mass is 10.1. The molecule has 1 aromatic heterocycles. The van der Waals surface area contributed by atoms with Crippen LogP contribution < -0.4 is 5.32 Å². The van der Waals surface area contributed by atoms with Gasteiger partial charge in [-0.3, -0.25) is 14.5 Å². The van der Waals surface area contributed by atoms with E-state index in [0.717, 1.165) is 51.4 Å². The quantitative estimate of drug-likeness (QED) is 0.844. The Labute approximate surface area is 157 Å². The van der Waals surface area contributed by atoms with Crippen LogP contribution >= 0.6 is 11.3 Å². The summed E-state index contributed by atoms with van der Waals surface area (Å²) in [5.74, 6) is -0.204. The summed E-state index contributed by atoms with van der Waals surface area (Å²) in [4.78, 5) is 33.6. The van der Waals surface area contributed by atoms with Gasteiger partial charge in [-0.1, -0.05) is 12.8 Å². The van der Waals surface area contributed by atoms with Crippen LogP contribution in [0, 0.1) is 5.92 Å². The van der Waals surface area contributed by atoms with Gasteiger partial charge >= 0.3 is 0 Å². The zero-order valence-electron chi connectivity index (χ0n) is 15.0. The Kier molecular flexibility index (Phi) is 5.52. The van der Waals surface area contributed by atoms with Crippen LogP contribution in [0.5, 0.6) is 0 Å². The van der Waals surface area contributed by atoms with Gasteiger partial charge in [0.25, 0.3) is 0 Å². The molecule has 1 aliphatic carbocycles. The van der Waals surface area contributed by atoms with E-state index in [1.54, 1.807) is 0 Å². The Bertz CT molecular complexity index is 653. The molecule has 1 saturated carbocycles. The molecule has 4 rings (SSSR count). The summed E-state index contributed by atoms with van der Waals surface area (Å²) in [7, 11) is 0. The Morgan fingerprint density at radius 3 is 2.85 bits per heavy atom. The van der Waals surface area contributed by atoms with E-state index in [9.17, 15) is 9.59 Å². The number of hydrogen-bond acceptors (Lipinski definition) is 6.